The first-order valence-electron chi connectivity index (χ1n) is 8.12. The van der Waals surface area contributed by atoms with Gasteiger partial charge in [0.1, 0.15) is 5.82 Å². The molecule has 1 aromatic heterocycles. The molecule has 0 radical (unpaired) electrons. The van der Waals surface area contributed by atoms with Crippen LogP contribution in [0.2, 0.25) is 0 Å². The first-order valence-corrected chi connectivity index (χ1v) is 8.12. The van der Waals surface area contributed by atoms with Crippen LogP contribution in [0.25, 0.3) is 11.0 Å². The van der Waals surface area contributed by atoms with Crippen molar-refractivity contribution in [2.45, 2.75) is 33.2 Å². The Balaban J connectivity index is 1.75. The molecule has 2 heterocycles. The highest BCUT2D eigenvalue weighted by molar-refractivity contribution is 5.97. The number of amides is 1. The SMILES string of the molecule is CCN(CC)[C@H]1CCN(C(=O)c2ccc3nc(C)[nH]c3c2)C1. The molecule has 1 aliphatic heterocycles. The van der Waals surface area contributed by atoms with Crippen LogP contribution in [0.15, 0.2) is 18.2 Å². The summed E-state index contributed by atoms with van der Waals surface area (Å²) >= 11 is 0. The highest BCUT2D eigenvalue weighted by atomic mass is 16.2. The number of likely N-dealkylation sites (tertiary alicyclic amines) is 1. The molecule has 1 amide bonds. The molecule has 118 valence electrons. The van der Waals surface area contributed by atoms with Gasteiger partial charge in [-0.15, -0.1) is 0 Å². The number of nitrogens with one attached hydrogen (secondary N) is 1. The van der Waals surface area contributed by atoms with Gasteiger partial charge in [0, 0.05) is 24.7 Å². The summed E-state index contributed by atoms with van der Waals surface area (Å²) in [6.07, 6.45) is 1.07. The number of nitrogens with zero attached hydrogens (tertiary/aromatic N) is 3. The minimum absolute atomic E-state index is 0.129. The molecular formula is C17H24N4O. The van der Waals surface area contributed by atoms with Crippen molar-refractivity contribution in [3.63, 3.8) is 0 Å². The molecule has 22 heavy (non-hydrogen) atoms. The third kappa shape index (κ3) is 2.73. The quantitative estimate of drug-likeness (QED) is 0.943. The predicted octanol–water partition coefficient (Wildman–Crippen LogP) is 2.43. The first kappa shape index (κ1) is 15.0. The van der Waals surface area contributed by atoms with Gasteiger partial charge in [-0.3, -0.25) is 9.69 Å². The van der Waals surface area contributed by atoms with E-state index < -0.39 is 0 Å². The average Bonchev–Trinajstić information content (AvgIpc) is 3.12. The second kappa shape index (κ2) is 6.08. The second-order valence-corrected chi connectivity index (χ2v) is 5.97. The van der Waals surface area contributed by atoms with E-state index in [2.05, 4.69) is 28.7 Å². The van der Waals surface area contributed by atoms with E-state index in [9.17, 15) is 4.79 Å². The zero-order chi connectivity index (χ0) is 15.7. The van der Waals surface area contributed by atoms with Crippen LogP contribution in [-0.2, 0) is 0 Å². The molecule has 1 N–H and O–H groups in total. The molecule has 1 aromatic carbocycles. The maximum absolute atomic E-state index is 12.7. The molecule has 0 unspecified atom stereocenters. The summed E-state index contributed by atoms with van der Waals surface area (Å²) in [4.78, 5) is 24.7. The van der Waals surface area contributed by atoms with Crippen molar-refractivity contribution >= 4 is 16.9 Å². The van der Waals surface area contributed by atoms with Crippen LogP contribution >= 0.6 is 0 Å². The Morgan fingerprint density at radius 1 is 1.41 bits per heavy atom. The fourth-order valence-electron chi connectivity index (χ4n) is 3.42. The summed E-state index contributed by atoms with van der Waals surface area (Å²) < 4.78 is 0. The van der Waals surface area contributed by atoms with Crippen molar-refractivity contribution < 1.29 is 4.79 Å². The fraction of sp³-hybridized carbons (Fsp3) is 0.529. The van der Waals surface area contributed by atoms with E-state index in [-0.39, 0.29) is 5.91 Å². The number of hydrogen-bond donors (Lipinski definition) is 1. The van der Waals surface area contributed by atoms with Crippen molar-refractivity contribution in [1.29, 1.82) is 0 Å². The van der Waals surface area contributed by atoms with Gasteiger partial charge in [-0.05, 0) is 44.6 Å². The molecule has 1 saturated heterocycles. The van der Waals surface area contributed by atoms with Gasteiger partial charge in [-0.1, -0.05) is 13.8 Å². The summed E-state index contributed by atoms with van der Waals surface area (Å²) in [5.74, 6) is 1.01. The molecule has 0 spiro atoms. The van der Waals surface area contributed by atoms with Crippen LogP contribution in [0.1, 0.15) is 36.5 Å². The Morgan fingerprint density at radius 3 is 2.91 bits per heavy atom. The van der Waals surface area contributed by atoms with Crippen molar-refractivity contribution in [2.24, 2.45) is 0 Å². The van der Waals surface area contributed by atoms with Crippen LogP contribution in [0.3, 0.4) is 0 Å². The van der Waals surface area contributed by atoms with Crippen molar-refractivity contribution in [1.82, 2.24) is 19.8 Å². The van der Waals surface area contributed by atoms with Gasteiger partial charge >= 0.3 is 0 Å². The average molecular weight is 300 g/mol. The van der Waals surface area contributed by atoms with Crippen LogP contribution in [0, 0.1) is 6.92 Å². The monoisotopic (exact) mass is 300 g/mol. The van der Waals surface area contributed by atoms with Gasteiger partial charge in [0.15, 0.2) is 0 Å². The van der Waals surface area contributed by atoms with Crippen LogP contribution < -0.4 is 0 Å². The largest absolute Gasteiger partial charge is 0.342 e. The molecule has 0 aliphatic carbocycles. The lowest BCUT2D eigenvalue weighted by atomic mass is 10.2. The van der Waals surface area contributed by atoms with Gasteiger partial charge in [0.2, 0.25) is 0 Å². The zero-order valence-electron chi connectivity index (χ0n) is 13.6. The molecule has 3 rings (SSSR count). The number of fused-ring (bicyclic) bond motifs is 1. The Morgan fingerprint density at radius 2 is 2.18 bits per heavy atom. The van der Waals surface area contributed by atoms with E-state index in [1.54, 1.807) is 0 Å². The smallest absolute Gasteiger partial charge is 0.253 e. The van der Waals surface area contributed by atoms with Gasteiger partial charge in [-0.2, -0.15) is 0 Å². The van der Waals surface area contributed by atoms with Gasteiger partial charge < -0.3 is 9.88 Å². The number of carbonyl (C=O) groups is 1. The number of rotatable bonds is 4. The van der Waals surface area contributed by atoms with Gasteiger partial charge in [-0.25, -0.2) is 4.98 Å². The predicted molar refractivity (Wildman–Crippen MR) is 88.1 cm³/mol. The number of likely N-dealkylation sites (N-methyl/N-ethyl adjacent to an activating group) is 1. The van der Waals surface area contributed by atoms with Crippen LogP contribution in [-0.4, -0.2) is 57.9 Å². The van der Waals surface area contributed by atoms with E-state index in [1.807, 2.05) is 30.0 Å². The lowest BCUT2D eigenvalue weighted by molar-refractivity contribution is 0.0778. The van der Waals surface area contributed by atoms with E-state index >= 15 is 0 Å². The Hall–Kier alpha value is -1.88. The molecule has 2 aromatic rings. The molecule has 1 aliphatic rings. The molecule has 1 fully saturated rings. The minimum Gasteiger partial charge on any atom is -0.342 e. The molecular weight excluding hydrogens is 276 g/mol. The van der Waals surface area contributed by atoms with E-state index in [0.717, 1.165) is 55.0 Å². The number of benzene rings is 1. The number of carbonyl (C=O) groups excluding carboxylic acids is 1. The topological polar surface area (TPSA) is 52.2 Å². The molecule has 5 nitrogen and oxygen atoms in total. The normalized spacial score (nSPS) is 18.5. The fourth-order valence-corrected chi connectivity index (χ4v) is 3.42. The summed E-state index contributed by atoms with van der Waals surface area (Å²) in [7, 11) is 0. The number of aryl methyl sites for hydroxylation is 1. The van der Waals surface area contributed by atoms with E-state index in [0.29, 0.717) is 6.04 Å². The number of imidazole rings is 1. The Bertz CT molecular complexity index is 674. The Kier molecular flexibility index (Phi) is 4.16. The highest BCUT2D eigenvalue weighted by Crippen LogP contribution is 2.20. The Labute approximate surface area is 131 Å². The van der Waals surface area contributed by atoms with E-state index in [1.165, 1.54) is 0 Å². The highest BCUT2D eigenvalue weighted by Gasteiger charge is 2.29. The summed E-state index contributed by atoms with van der Waals surface area (Å²) in [5.41, 5.74) is 2.59. The van der Waals surface area contributed by atoms with Crippen LogP contribution in [0.4, 0.5) is 0 Å². The van der Waals surface area contributed by atoms with Crippen molar-refractivity contribution in [3.8, 4) is 0 Å². The lowest BCUT2D eigenvalue weighted by Gasteiger charge is -2.26. The second-order valence-electron chi connectivity index (χ2n) is 5.97. The minimum atomic E-state index is 0.129. The first-order chi connectivity index (χ1) is 10.6. The van der Waals surface area contributed by atoms with Gasteiger partial charge in [0.25, 0.3) is 5.91 Å². The number of H-pyrrole nitrogens is 1. The maximum Gasteiger partial charge on any atom is 0.253 e. The third-order valence-electron chi connectivity index (χ3n) is 4.63. The molecule has 5 heteroatoms. The maximum atomic E-state index is 12.7. The van der Waals surface area contributed by atoms with Crippen molar-refractivity contribution in [2.75, 3.05) is 26.2 Å². The number of hydrogen-bond acceptors (Lipinski definition) is 3. The summed E-state index contributed by atoms with van der Waals surface area (Å²) in [6, 6.07) is 6.22. The van der Waals surface area contributed by atoms with Crippen molar-refractivity contribution in [3.05, 3.63) is 29.6 Å². The lowest BCUT2D eigenvalue weighted by Crippen LogP contribution is -2.38. The number of aromatic nitrogens is 2. The van der Waals surface area contributed by atoms with E-state index in [4.69, 9.17) is 0 Å². The number of aromatic amines is 1. The summed E-state index contributed by atoms with van der Waals surface area (Å²) in [6.45, 7) is 10.1. The standard InChI is InChI=1S/C17H24N4O/c1-4-20(5-2)14-8-9-21(11-14)17(22)13-6-7-15-16(10-13)19-12(3)18-15/h6-7,10,14H,4-5,8-9,11H2,1-3H3,(H,18,19)/t14-/m0/s1. The van der Waals surface area contributed by atoms with Gasteiger partial charge in [0.05, 0.1) is 11.0 Å². The summed E-state index contributed by atoms with van der Waals surface area (Å²) in [5, 5.41) is 0. The molecule has 0 bridgehead atoms. The molecule has 1 atom stereocenters. The third-order valence-corrected chi connectivity index (χ3v) is 4.63. The molecule has 0 saturated carbocycles. The zero-order valence-corrected chi connectivity index (χ0v) is 13.6. The van der Waals surface area contributed by atoms with Crippen LogP contribution in [0.5, 0.6) is 0 Å².